The van der Waals surface area contributed by atoms with E-state index in [1.807, 2.05) is 0 Å². The van der Waals surface area contributed by atoms with E-state index in [-0.39, 0.29) is 30.2 Å². The number of ketones is 2. The van der Waals surface area contributed by atoms with Crippen molar-refractivity contribution in [3.05, 3.63) is 23.3 Å². The first-order valence-corrected chi connectivity index (χ1v) is 8.48. The van der Waals surface area contributed by atoms with E-state index in [9.17, 15) is 19.7 Å². The molecule has 124 valence electrons. The molecule has 1 saturated heterocycles. The zero-order valence-electron chi connectivity index (χ0n) is 13.4. The fraction of sp³-hybridized carbons (Fsp3) is 0.647. The predicted octanol–water partition coefficient (Wildman–Crippen LogP) is 1.31. The summed E-state index contributed by atoms with van der Waals surface area (Å²) in [6, 6.07) is 0. The third-order valence-corrected chi connectivity index (χ3v) is 5.38. The van der Waals surface area contributed by atoms with Crippen LogP contribution >= 0.6 is 0 Å². The minimum absolute atomic E-state index is 0.0440. The Morgan fingerprint density at radius 3 is 2.70 bits per heavy atom. The molecule has 0 aromatic heterocycles. The van der Waals surface area contributed by atoms with Crippen LogP contribution in [0.5, 0.6) is 0 Å². The third-order valence-electron chi connectivity index (χ3n) is 5.38. The number of hydrogen-bond donors (Lipinski definition) is 2. The summed E-state index contributed by atoms with van der Waals surface area (Å²) in [6.07, 6.45) is 5.92. The van der Waals surface area contributed by atoms with E-state index in [2.05, 4.69) is 6.92 Å². The van der Waals surface area contributed by atoms with Crippen LogP contribution in [0.1, 0.15) is 32.6 Å². The summed E-state index contributed by atoms with van der Waals surface area (Å²) in [5, 5.41) is 19.9. The van der Waals surface area contributed by atoms with Crippen molar-refractivity contribution in [3.8, 4) is 0 Å². The van der Waals surface area contributed by atoms with Crippen LogP contribution < -0.4 is 0 Å². The number of carbonyl (C=O) groups is 2. The van der Waals surface area contributed by atoms with Gasteiger partial charge in [-0.15, -0.1) is 0 Å². The monoisotopic (exact) mass is 318 g/mol. The van der Waals surface area contributed by atoms with Crippen LogP contribution in [0.15, 0.2) is 23.3 Å². The average Bonchev–Trinajstić information content (AvgIpc) is 2.54. The van der Waals surface area contributed by atoms with Gasteiger partial charge in [-0.2, -0.15) is 0 Å². The Hall–Kier alpha value is -1.24. The van der Waals surface area contributed by atoms with Crippen molar-refractivity contribution in [2.45, 2.75) is 45.0 Å². The molecule has 3 rings (SSSR count). The predicted molar refractivity (Wildman–Crippen MR) is 85.5 cm³/mol. The SMILES string of the molecule is CCCC[C@H]1OB(O)C[C@H]2C1=C(CO)C[C@H]1C(=O)C=CC(=O)[C@H]12. The highest BCUT2D eigenvalue weighted by molar-refractivity contribution is 6.43. The number of aliphatic hydroxyl groups excluding tert-OH is 1. The van der Waals surface area contributed by atoms with E-state index < -0.39 is 19.0 Å². The highest BCUT2D eigenvalue weighted by Crippen LogP contribution is 2.48. The number of allylic oxidation sites excluding steroid dienone is 2. The van der Waals surface area contributed by atoms with Crippen LogP contribution in [-0.4, -0.2) is 41.5 Å². The molecular formula is C17H23BO5. The van der Waals surface area contributed by atoms with E-state index >= 15 is 0 Å². The Labute approximate surface area is 136 Å². The van der Waals surface area contributed by atoms with Crippen molar-refractivity contribution in [3.63, 3.8) is 0 Å². The molecule has 1 aliphatic heterocycles. The van der Waals surface area contributed by atoms with Crippen LogP contribution in [0.3, 0.4) is 0 Å². The van der Waals surface area contributed by atoms with Crippen molar-refractivity contribution in [1.29, 1.82) is 0 Å². The second kappa shape index (κ2) is 6.71. The lowest BCUT2D eigenvalue weighted by atomic mass is 9.55. The topological polar surface area (TPSA) is 83.8 Å². The lowest BCUT2D eigenvalue weighted by Gasteiger charge is -2.46. The number of hydrogen-bond acceptors (Lipinski definition) is 5. The summed E-state index contributed by atoms with van der Waals surface area (Å²) < 4.78 is 5.70. The summed E-state index contributed by atoms with van der Waals surface area (Å²) in [7, 11) is -0.918. The van der Waals surface area contributed by atoms with E-state index in [4.69, 9.17) is 4.65 Å². The Bertz CT molecular complexity index is 567. The maximum atomic E-state index is 12.4. The largest absolute Gasteiger partial charge is 0.455 e. The molecule has 23 heavy (non-hydrogen) atoms. The molecule has 3 aliphatic rings. The number of carbonyl (C=O) groups excluding carboxylic acids is 2. The summed E-state index contributed by atoms with van der Waals surface area (Å²) in [6.45, 7) is 1.96. The van der Waals surface area contributed by atoms with Crippen molar-refractivity contribution < 1.29 is 24.4 Å². The molecule has 0 aromatic carbocycles. The normalized spacial score (nSPS) is 33.8. The smallest absolute Gasteiger partial charge is 0.427 e. The molecule has 4 atom stereocenters. The van der Waals surface area contributed by atoms with Crippen LogP contribution in [0.2, 0.25) is 6.32 Å². The van der Waals surface area contributed by atoms with Gasteiger partial charge < -0.3 is 14.8 Å². The molecule has 1 fully saturated rings. The fourth-order valence-electron chi connectivity index (χ4n) is 4.36. The molecule has 0 radical (unpaired) electrons. The minimum Gasteiger partial charge on any atom is -0.427 e. The van der Waals surface area contributed by atoms with E-state index in [0.29, 0.717) is 12.7 Å². The van der Waals surface area contributed by atoms with Crippen molar-refractivity contribution in [2.24, 2.45) is 17.8 Å². The molecule has 6 heteroatoms. The van der Waals surface area contributed by atoms with Gasteiger partial charge in [-0.3, -0.25) is 9.59 Å². The molecule has 0 bridgehead atoms. The molecule has 0 unspecified atom stereocenters. The second-order valence-corrected chi connectivity index (χ2v) is 6.76. The second-order valence-electron chi connectivity index (χ2n) is 6.76. The summed E-state index contributed by atoms with van der Waals surface area (Å²) in [5.41, 5.74) is 1.78. The lowest BCUT2D eigenvalue weighted by molar-refractivity contribution is -0.131. The van der Waals surface area contributed by atoms with Crippen molar-refractivity contribution in [2.75, 3.05) is 6.61 Å². The summed E-state index contributed by atoms with van der Waals surface area (Å²) >= 11 is 0. The van der Waals surface area contributed by atoms with Gasteiger partial charge in [0.05, 0.1) is 12.7 Å². The Balaban J connectivity index is 2.01. The van der Waals surface area contributed by atoms with Crippen LogP contribution in [0, 0.1) is 17.8 Å². The maximum absolute atomic E-state index is 12.4. The van der Waals surface area contributed by atoms with Gasteiger partial charge >= 0.3 is 7.12 Å². The number of unbranched alkanes of at least 4 members (excludes halogenated alkanes) is 1. The molecule has 2 N–H and O–H groups in total. The van der Waals surface area contributed by atoms with Gasteiger partial charge in [0.15, 0.2) is 11.6 Å². The van der Waals surface area contributed by atoms with Crippen LogP contribution in [0.25, 0.3) is 0 Å². The van der Waals surface area contributed by atoms with Crippen molar-refractivity contribution >= 4 is 18.7 Å². The van der Waals surface area contributed by atoms with Crippen LogP contribution in [0.4, 0.5) is 0 Å². The highest BCUT2D eigenvalue weighted by atomic mass is 16.5. The standard InChI is InChI=1S/C17H23BO5/c1-2-3-4-15-16-10(9-19)7-11-13(20)5-6-14(21)17(11)12(16)8-18(22)23-15/h5-6,11-12,15,17,19,22H,2-4,7-9H2,1H3/t11-,12-,15+,17+/m0/s1. The van der Waals surface area contributed by atoms with Gasteiger partial charge in [0, 0.05) is 11.8 Å². The van der Waals surface area contributed by atoms with E-state index in [1.54, 1.807) is 0 Å². The number of fused-ring (bicyclic) bond motifs is 3. The summed E-state index contributed by atoms with van der Waals surface area (Å²) in [5.74, 6) is -1.12. The van der Waals surface area contributed by atoms with E-state index in [0.717, 1.165) is 30.4 Å². The zero-order valence-corrected chi connectivity index (χ0v) is 13.4. The van der Waals surface area contributed by atoms with Gasteiger partial charge in [0.25, 0.3) is 0 Å². The molecule has 0 spiro atoms. The Morgan fingerprint density at radius 1 is 1.26 bits per heavy atom. The van der Waals surface area contributed by atoms with Gasteiger partial charge in [-0.25, -0.2) is 0 Å². The lowest BCUT2D eigenvalue weighted by Crippen LogP contribution is -2.49. The van der Waals surface area contributed by atoms with Gasteiger partial charge in [0.1, 0.15) is 0 Å². The quantitative estimate of drug-likeness (QED) is 0.603. The minimum atomic E-state index is -0.918. The first-order chi connectivity index (χ1) is 11.1. The first kappa shape index (κ1) is 16.6. The molecule has 1 heterocycles. The number of rotatable bonds is 4. The number of aliphatic hydroxyl groups is 1. The Morgan fingerprint density at radius 2 is 2.00 bits per heavy atom. The van der Waals surface area contributed by atoms with Crippen LogP contribution in [-0.2, 0) is 14.2 Å². The zero-order chi connectivity index (χ0) is 16.6. The third kappa shape index (κ3) is 2.95. The highest BCUT2D eigenvalue weighted by Gasteiger charge is 2.50. The molecule has 0 amide bonds. The van der Waals surface area contributed by atoms with E-state index in [1.165, 1.54) is 12.2 Å². The maximum Gasteiger partial charge on any atom is 0.455 e. The Kier molecular flexibility index (Phi) is 4.85. The van der Waals surface area contributed by atoms with Gasteiger partial charge in [-0.05, 0) is 48.4 Å². The molecule has 0 aromatic rings. The fourth-order valence-corrected chi connectivity index (χ4v) is 4.36. The molecule has 5 nitrogen and oxygen atoms in total. The molecule has 0 saturated carbocycles. The van der Waals surface area contributed by atoms with Crippen molar-refractivity contribution in [1.82, 2.24) is 0 Å². The summed E-state index contributed by atoms with van der Waals surface area (Å²) in [4.78, 5) is 24.6. The molecule has 2 aliphatic carbocycles. The first-order valence-electron chi connectivity index (χ1n) is 8.48. The average molecular weight is 318 g/mol. The molecular weight excluding hydrogens is 295 g/mol. The van der Waals surface area contributed by atoms with Gasteiger partial charge in [-0.1, -0.05) is 19.8 Å². The van der Waals surface area contributed by atoms with Gasteiger partial charge in [0.2, 0.25) is 0 Å².